The first-order valence-electron chi connectivity index (χ1n) is 10.5. The molecule has 1 amide bonds. The van der Waals surface area contributed by atoms with E-state index >= 15 is 0 Å². The number of aromatic nitrogens is 2. The Morgan fingerprint density at radius 1 is 1.07 bits per heavy atom. The van der Waals surface area contributed by atoms with Crippen LogP contribution in [0.15, 0.2) is 58.5 Å². The highest BCUT2D eigenvalue weighted by Crippen LogP contribution is 2.24. The van der Waals surface area contributed by atoms with E-state index in [4.69, 9.17) is 4.98 Å². The number of thioether (sulfide) groups is 1. The van der Waals surface area contributed by atoms with Crippen molar-refractivity contribution in [1.29, 1.82) is 0 Å². The lowest BCUT2D eigenvalue weighted by atomic mass is 9.98. The molecule has 6 heteroatoms. The average molecular weight is 424 g/mol. The minimum Gasteiger partial charge on any atom is -0.353 e. The molecule has 1 N–H and O–H groups in total. The van der Waals surface area contributed by atoms with Gasteiger partial charge in [0, 0.05) is 6.04 Å². The zero-order valence-corrected chi connectivity index (χ0v) is 18.8. The first-order valence-corrected chi connectivity index (χ1v) is 11.5. The fourth-order valence-corrected chi connectivity index (χ4v) is 4.00. The third kappa shape index (κ3) is 4.93. The Morgan fingerprint density at radius 2 is 1.77 bits per heavy atom. The van der Waals surface area contributed by atoms with Crippen LogP contribution in [0.25, 0.3) is 16.6 Å². The summed E-state index contributed by atoms with van der Waals surface area (Å²) < 4.78 is 1.62. The molecule has 0 aliphatic rings. The van der Waals surface area contributed by atoms with Gasteiger partial charge in [-0.05, 0) is 55.5 Å². The summed E-state index contributed by atoms with van der Waals surface area (Å²) in [5, 5.41) is 4.05. The van der Waals surface area contributed by atoms with Crippen molar-refractivity contribution in [3.63, 3.8) is 0 Å². The number of nitrogens with one attached hydrogen (secondary N) is 1. The SMILES string of the molecule is CC[C@H](C)NC(=O)CSc1nc2ccccc2c(=O)n1-c1ccc([C@@H](C)CC)cc1. The molecule has 0 radical (unpaired) electrons. The molecule has 2 aromatic carbocycles. The van der Waals surface area contributed by atoms with Crippen LogP contribution in [0.3, 0.4) is 0 Å². The fourth-order valence-electron chi connectivity index (χ4n) is 3.17. The molecule has 0 saturated heterocycles. The standard InChI is InChI=1S/C24H29N3O2S/c1-5-16(3)18-11-13-19(14-12-18)27-23(29)20-9-7-8-10-21(20)26-24(27)30-15-22(28)25-17(4)6-2/h7-14,16-17H,5-6,15H2,1-4H3,(H,25,28)/t16-,17-/m0/s1. The summed E-state index contributed by atoms with van der Waals surface area (Å²) in [6, 6.07) is 15.5. The molecule has 0 saturated carbocycles. The van der Waals surface area contributed by atoms with Gasteiger partial charge in [-0.15, -0.1) is 0 Å². The third-order valence-corrected chi connectivity index (χ3v) is 6.37. The molecule has 0 aliphatic carbocycles. The fraction of sp³-hybridized carbons (Fsp3) is 0.375. The van der Waals surface area contributed by atoms with Crippen molar-refractivity contribution in [3.05, 3.63) is 64.4 Å². The van der Waals surface area contributed by atoms with E-state index in [2.05, 4.69) is 31.3 Å². The molecule has 2 atom stereocenters. The van der Waals surface area contributed by atoms with Gasteiger partial charge in [0.05, 0.1) is 22.3 Å². The highest BCUT2D eigenvalue weighted by molar-refractivity contribution is 7.99. The number of benzene rings is 2. The number of fused-ring (bicyclic) bond motifs is 1. The predicted molar refractivity (Wildman–Crippen MR) is 125 cm³/mol. The summed E-state index contributed by atoms with van der Waals surface area (Å²) in [7, 11) is 0. The Morgan fingerprint density at radius 3 is 2.43 bits per heavy atom. The average Bonchev–Trinajstić information content (AvgIpc) is 2.77. The molecule has 0 spiro atoms. The van der Waals surface area contributed by atoms with E-state index in [1.54, 1.807) is 10.6 Å². The first-order chi connectivity index (χ1) is 14.4. The molecular formula is C24H29N3O2S. The van der Waals surface area contributed by atoms with E-state index in [9.17, 15) is 9.59 Å². The maximum Gasteiger partial charge on any atom is 0.266 e. The van der Waals surface area contributed by atoms with Gasteiger partial charge in [0.2, 0.25) is 5.91 Å². The van der Waals surface area contributed by atoms with Gasteiger partial charge >= 0.3 is 0 Å². The van der Waals surface area contributed by atoms with Gasteiger partial charge in [-0.1, -0.05) is 56.8 Å². The smallest absolute Gasteiger partial charge is 0.266 e. The van der Waals surface area contributed by atoms with Crippen molar-refractivity contribution >= 4 is 28.6 Å². The molecule has 3 aromatic rings. The summed E-state index contributed by atoms with van der Waals surface area (Å²) in [6.07, 6.45) is 1.93. The first kappa shape index (κ1) is 22.1. The highest BCUT2D eigenvalue weighted by Gasteiger charge is 2.15. The van der Waals surface area contributed by atoms with E-state index < -0.39 is 0 Å². The largest absolute Gasteiger partial charge is 0.353 e. The zero-order valence-electron chi connectivity index (χ0n) is 18.0. The van der Waals surface area contributed by atoms with Crippen molar-refractivity contribution in [3.8, 4) is 5.69 Å². The second kappa shape index (κ2) is 9.94. The van der Waals surface area contributed by atoms with Gasteiger partial charge in [-0.3, -0.25) is 14.2 Å². The number of nitrogens with zero attached hydrogens (tertiary/aromatic N) is 2. The van der Waals surface area contributed by atoms with Crippen molar-refractivity contribution < 1.29 is 4.79 Å². The molecule has 30 heavy (non-hydrogen) atoms. The lowest BCUT2D eigenvalue weighted by Gasteiger charge is -2.15. The molecule has 0 fully saturated rings. The number of hydrogen-bond donors (Lipinski definition) is 1. The Kier molecular flexibility index (Phi) is 7.32. The topological polar surface area (TPSA) is 64.0 Å². The van der Waals surface area contributed by atoms with Crippen molar-refractivity contribution in [2.75, 3.05) is 5.75 Å². The molecule has 0 aliphatic heterocycles. The monoisotopic (exact) mass is 423 g/mol. The summed E-state index contributed by atoms with van der Waals surface area (Å²) >= 11 is 1.29. The van der Waals surface area contributed by atoms with Crippen molar-refractivity contribution in [2.24, 2.45) is 0 Å². The van der Waals surface area contributed by atoms with Crippen molar-refractivity contribution in [1.82, 2.24) is 14.9 Å². The van der Waals surface area contributed by atoms with Crippen LogP contribution in [0.1, 0.15) is 52.0 Å². The predicted octanol–water partition coefficient (Wildman–Crippen LogP) is 4.91. The minimum absolute atomic E-state index is 0.0598. The Bertz CT molecular complexity index is 1080. The van der Waals surface area contributed by atoms with Crippen LogP contribution in [0.2, 0.25) is 0 Å². The van der Waals surface area contributed by atoms with Gasteiger partial charge in [-0.2, -0.15) is 0 Å². The van der Waals surface area contributed by atoms with Crippen LogP contribution in [-0.2, 0) is 4.79 Å². The Hall–Kier alpha value is -2.60. The molecule has 0 unspecified atom stereocenters. The second-order valence-electron chi connectivity index (χ2n) is 7.62. The lowest BCUT2D eigenvalue weighted by Crippen LogP contribution is -2.33. The maximum atomic E-state index is 13.3. The molecule has 1 heterocycles. The summed E-state index contributed by atoms with van der Waals surface area (Å²) in [5.41, 5.74) is 2.52. The minimum atomic E-state index is -0.123. The van der Waals surface area contributed by atoms with Gasteiger partial charge in [0.15, 0.2) is 5.16 Å². The van der Waals surface area contributed by atoms with Crippen LogP contribution >= 0.6 is 11.8 Å². The quantitative estimate of drug-likeness (QED) is 0.413. The van der Waals surface area contributed by atoms with E-state index in [1.807, 2.05) is 44.2 Å². The van der Waals surface area contributed by atoms with Crippen LogP contribution in [0, 0.1) is 0 Å². The van der Waals surface area contributed by atoms with Crippen LogP contribution < -0.4 is 10.9 Å². The summed E-state index contributed by atoms with van der Waals surface area (Å²) in [6.45, 7) is 8.36. The highest BCUT2D eigenvalue weighted by atomic mass is 32.2. The molecule has 3 rings (SSSR count). The molecule has 1 aromatic heterocycles. The summed E-state index contributed by atoms with van der Waals surface area (Å²) in [5.74, 6) is 0.610. The maximum absolute atomic E-state index is 13.3. The number of carbonyl (C=O) groups excluding carboxylic acids is 1. The Labute approximate surface area is 181 Å². The van der Waals surface area contributed by atoms with Crippen LogP contribution in [0.4, 0.5) is 0 Å². The third-order valence-electron chi connectivity index (χ3n) is 5.43. The number of hydrogen-bond acceptors (Lipinski definition) is 4. The molecule has 0 bridgehead atoms. The molecule has 5 nitrogen and oxygen atoms in total. The van der Waals surface area contributed by atoms with Crippen LogP contribution in [0.5, 0.6) is 0 Å². The van der Waals surface area contributed by atoms with Gasteiger partial charge in [-0.25, -0.2) is 4.98 Å². The van der Waals surface area contributed by atoms with E-state index in [-0.39, 0.29) is 23.3 Å². The van der Waals surface area contributed by atoms with Crippen molar-refractivity contribution in [2.45, 2.75) is 57.7 Å². The Balaban J connectivity index is 2.01. The van der Waals surface area contributed by atoms with E-state index in [0.29, 0.717) is 22.0 Å². The van der Waals surface area contributed by atoms with Crippen LogP contribution in [-0.4, -0.2) is 27.3 Å². The molecule has 158 valence electrons. The summed E-state index contributed by atoms with van der Waals surface area (Å²) in [4.78, 5) is 30.3. The lowest BCUT2D eigenvalue weighted by molar-refractivity contribution is -0.119. The van der Waals surface area contributed by atoms with Gasteiger partial charge in [0.25, 0.3) is 5.56 Å². The van der Waals surface area contributed by atoms with E-state index in [1.165, 1.54) is 17.3 Å². The normalized spacial score (nSPS) is 13.2. The number of para-hydroxylation sites is 1. The number of rotatable bonds is 8. The van der Waals surface area contributed by atoms with Gasteiger partial charge in [0.1, 0.15) is 0 Å². The van der Waals surface area contributed by atoms with E-state index in [0.717, 1.165) is 18.5 Å². The number of carbonyl (C=O) groups is 1. The number of amides is 1. The second-order valence-corrected chi connectivity index (χ2v) is 8.56. The van der Waals surface area contributed by atoms with Gasteiger partial charge < -0.3 is 5.32 Å². The molecular weight excluding hydrogens is 394 g/mol. The zero-order chi connectivity index (χ0) is 21.7.